The zero-order chi connectivity index (χ0) is 44.7. The van der Waals surface area contributed by atoms with Crippen molar-refractivity contribution in [1.82, 2.24) is 15.5 Å². The fraction of sp³-hybridized carbons (Fsp3) is 0.736. The Morgan fingerprint density at radius 2 is 1.47 bits per heavy atom. The normalized spacial score (nSPS) is 14.5. The van der Waals surface area contributed by atoms with Gasteiger partial charge in [0.15, 0.2) is 0 Å². The Kier molecular flexibility index (Phi) is 57.2. The first-order chi connectivity index (χ1) is 27.4. The minimum atomic E-state index is 0.303. The summed E-state index contributed by atoms with van der Waals surface area (Å²) in [6.45, 7) is 36.5. The third-order valence-electron chi connectivity index (χ3n) is 10.4. The fourth-order valence-corrected chi connectivity index (χ4v) is 6.39. The summed E-state index contributed by atoms with van der Waals surface area (Å²) < 4.78 is 0. The average Bonchev–Trinajstić information content (AvgIpc) is 3.20. The van der Waals surface area contributed by atoms with Crippen molar-refractivity contribution in [2.24, 2.45) is 29.4 Å². The highest BCUT2D eigenvalue weighted by molar-refractivity contribution is 5.12. The van der Waals surface area contributed by atoms with Gasteiger partial charge in [0.05, 0.1) is 0 Å². The van der Waals surface area contributed by atoms with E-state index in [0.717, 1.165) is 50.0 Å². The van der Waals surface area contributed by atoms with E-state index in [-0.39, 0.29) is 0 Å². The standard InChI is InChI=1S/C32H60N4.C7H14.C7H16.C3H4.C2H4.C2H2/c1-10-12-13-14-16-27(5)17-15-18-31(21-23-36(9)24-22-33)25-34-32(11-2)30(8)35-29(7)28(6)20-19-26(3)4;1-7-5-3-2-4-6-7;1-3-5-7-6-4-2;1-3-2;2*1-2/h1,13-14,16,26,28-29,31-32,34-35H,8,11-12,15,17-25,33H2,2-7,9H3;7H,2-6H2,1H3;3-7H2,1-2H3;1H,2H3;1-2H2;1-2H/b14-13-,27-16+;;;;;/t28?,29-,31+,32?;;;;;/m0...../s1. The Morgan fingerprint density at radius 1 is 0.895 bits per heavy atom. The molecule has 1 aliphatic carbocycles. The molecule has 0 spiro atoms. The average molecular weight is 793 g/mol. The number of terminal acetylenes is 3. The molecule has 2 unspecified atom stereocenters. The molecule has 1 fully saturated rings. The molecule has 4 heteroatoms. The van der Waals surface area contributed by atoms with Crippen molar-refractivity contribution in [2.45, 2.75) is 197 Å². The zero-order valence-corrected chi connectivity index (χ0v) is 40.2. The first-order valence-corrected chi connectivity index (χ1v) is 22.9. The van der Waals surface area contributed by atoms with E-state index in [1.807, 2.05) is 6.08 Å². The van der Waals surface area contributed by atoms with Gasteiger partial charge in [0.25, 0.3) is 0 Å². The number of allylic oxidation sites excluding steroid dienone is 4. The molecule has 0 aromatic heterocycles. The van der Waals surface area contributed by atoms with E-state index in [0.29, 0.717) is 36.9 Å². The molecule has 1 rings (SSSR count). The van der Waals surface area contributed by atoms with E-state index in [1.165, 1.54) is 102 Å². The Labute approximate surface area is 360 Å². The number of nitrogens with zero attached hydrogens (tertiary/aromatic N) is 1. The molecule has 1 saturated carbocycles. The largest absolute Gasteiger partial charge is 0.385 e. The van der Waals surface area contributed by atoms with Crippen LogP contribution in [0.4, 0.5) is 0 Å². The molecule has 0 radical (unpaired) electrons. The summed E-state index contributed by atoms with van der Waals surface area (Å²) in [5.74, 6) is 7.98. The molecule has 332 valence electrons. The number of nitrogens with one attached hydrogen (secondary N) is 2. The van der Waals surface area contributed by atoms with Crippen LogP contribution in [-0.2, 0) is 0 Å². The molecule has 4 atom stereocenters. The molecule has 0 heterocycles. The number of nitrogens with two attached hydrogens (primary N) is 1. The molecule has 0 aromatic rings. The first-order valence-electron chi connectivity index (χ1n) is 22.9. The molecular formula is C53H100N4. The lowest BCUT2D eigenvalue weighted by molar-refractivity contribution is 0.287. The van der Waals surface area contributed by atoms with Crippen LogP contribution >= 0.6 is 0 Å². The van der Waals surface area contributed by atoms with Crippen LogP contribution in [0.5, 0.6) is 0 Å². The zero-order valence-electron chi connectivity index (χ0n) is 40.2. The van der Waals surface area contributed by atoms with Crippen LogP contribution in [0.25, 0.3) is 0 Å². The van der Waals surface area contributed by atoms with Crippen LogP contribution in [0, 0.1) is 61.2 Å². The van der Waals surface area contributed by atoms with Crippen molar-refractivity contribution in [3.8, 4) is 37.5 Å². The molecule has 1 aliphatic rings. The van der Waals surface area contributed by atoms with Gasteiger partial charge in [-0.2, -0.15) is 0 Å². The van der Waals surface area contributed by atoms with E-state index in [9.17, 15) is 0 Å². The Balaban J connectivity index is -0.000000347. The number of rotatable bonds is 26. The second-order valence-electron chi connectivity index (χ2n) is 16.4. The lowest BCUT2D eigenvalue weighted by atomic mass is 9.91. The van der Waals surface area contributed by atoms with Crippen LogP contribution < -0.4 is 16.4 Å². The smallest absolute Gasteiger partial charge is 0.0460 e. The topological polar surface area (TPSA) is 53.3 Å². The third kappa shape index (κ3) is 49.4. The second-order valence-corrected chi connectivity index (χ2v) is 16.4. The van der Waals surface area contributed by atoms with Gasteiger partial charge in [-0.25, -0.2) is 0 Å². The first kappa shape index (κ1) is 63.5. The summed E-state index contributed by atoms with van der Waals surface area (Å²) in [5, 5.41) is 7.58. The highest BCUT2D eigenvalue weighted by Gasteiger charge is 2.19. The van der Waals surface area contributed by atoms with E-state index in [4.69, 9.17) is 12.2 Å². The number of hydrogen-bond acceptors (Lipinski definition) is 4. The SMILES string of the molecule is C#C.C#CC.C#CC/C=C\C=C(/C)CCC[C@H](CCN(C)CCN)CNC(CC)C(=C)N[C@@H](C)C(C)CCC(C)C.C=C.CC1CCCCC1.CCCCCCC. The maximum atomic E-state index is 5.76. The summed E-state index contributed by atoms with van der Waals surface area (Å²) in [5.41, 5.74) is 8.31. The van der Waals surface area contributed by atoms with Crippen molar-refractivity contribution < 1.29 is 0 Å². The van der Waals surface area contributed by atoms with Crippen molar-refractivity contribution in [2.75, 3.05) is 33.2 Å². The molecule has 0 bridgehead atoms. The molecule has 4 nitrogen and oxygen atoms in total. The van der Waals surface area contributed by atoms with Gasteiger partial charge in [0.2, 0.25) is 0 Å². The lowest BCUT2D eigenvalue weighted by Crippen LogP contribution is -2.42. The minimum Gasteiger partial charge on any atom is -0.385 e. The van der Waals surface area contributed by atoms with Gasteiger partial charge in [0, 0.05) is 37.3 Å². The van der Waals surface area contributed by atoms with Gasteiger partial charge in [-0.1, -0.05) is 149 Å². The molecule has 0 amide bonds. The summed E-state index contributed by atoms with van der Waals surface area (Å²) in [4.78, 5) is 2.35. The van der Waals surface area contributed by atoms with E-state index in [2.05, 4.69) is 148 Å². The number of likely N-dealkylation sites (N-methyl/N-ethyl adjacent to an activating group) is 1. The van der Waals surface area contributed by atoms with Crippen molar-refractivity contribution in [3.63, 3.8) is 0 Å². The van der Waals surface area contributed by atoms with Gasteiger partial charge < -0.3 is 21.3 Å². The van der Waals surface area contributed by atoms with Gasteiger partial charge in [-0.3, -0.25) is 0 Å². The molecule has 0 saturated heterocycles. The van der Waals surface area contributed by atoms with Crippen molar-refractivity contribution in [3.05, 3.63) is 49.2 Å². The van der Waals surface area contributed by atoms with E-state index in [1.54, 1.807) is 6.92 Å². The summed E-state index contributed by atoms with van der Waals surface area (Å²) in [7, 11) is 2.18. The van der Waals surface area contributed by atoms with Gasteiger partial charge in [0.1, 0.15) is 0 Å². The quantitative estimate of drug-likeness (QED) is 0.0353. The van der Waals surface area contributed by atoms with Crippen LogP contribution in [0.1, 0.15) is 185 Å². The maximum absolute atomic E-state index is 5.76. The molecule has 0 aliphatic heterocycles. The van der Waals surface area contributed by atoms with Crippen molar-refractivity contribution in [1.29, 1.82) is 0 Å². The van der Waals surface area contributed by atoms with Crippen LogP contribution in [0.2, 0.25) is 0 Å². The highest BCUT2D eigenvalue weighted by Crippen LogP contribution is 2.22. The van der Waals surface area contributed by atoms with Gasteiger partial charge in [-0.15, -0.1) is 50.7 Å². The van der Waals surface area contributed by atoms with Crippen LogP contribution in [0.3, 0.4) is 0 Å². The molecular weight excluding hydrogens is 693 g/mol. The second kappa shape index (κ2) is 51.3. The predicted molar refractivity (Wildman–Crippen MR) is 264 cm³/mol. The molecule has 57 heavy (non-hydrogen) atoms. The maximum Gasteiger partial charge on any atom is 0.0460 e. The Hall–Kier alpha value is -2.68. The van der Waals surface area contributed by atoms with E-state index >= 15 is 0 Å². The lowest BCUT2D eigenvalue weighted by Gasteiger charge is -2.30. The summed E-state index contributed by atoms with van der Waals surface area (Å²) in [6.07, 6.45) is 47.7. The number of unbranched alkanes of at least 4 members (excludes halogenated alkanes) is 4. The van der Waals surface area contributed by atoms with Crippen LogP contribution in [-0.4, -0.2) is 50.2 Å². The predicted octanol–water partition coefficient (Wildman–Crippen LogP) is 13.8. The highest BCUT2D eigenvalue weighted by atomic mass is 15.1. The Morgan fingerprint density at radius 3 is 1.93 bits per heavy atom. The van der Waals surface area contributed by atoms with Crippen LogP contribution in [0.15, 0.2) is 49.2 Å². The van der Waals surface area contributed by atoms with Gasteiger partial charge >= 0.3 is 0 Å². The third-order valence-corrected chi connectivity index (χ3v) is 10.4. The van der Waals surface area contributed by atoms with E-state index < -0.39 is 0 Å². The summed E-state index contributed by atoms with van der Waals surface area (Å²) in [6, 6.07) is 0.745. The minimum absolute atomic E-state index is 0.303. The Bertz CT molecular complexity index is 983. The summed E-state index contributed by atoms with van der Waals surface area (Å²) >= 11 is 0. The molecule has 0 aromatic carbocycles. The van der Waals surface area contributed by atoms with Gasteiger partial charge in [-0.05, 0) is 103 Å². The van der Waals surface area contributed by atoms with Crippen molar-refractivity contribution >= 4 is 0 Å². The molecule has 4 N–H and O–H groups in total. The number of hydrogen-bond donors (Lipinski definition) is 3. The monoisotopic (exact) mass is 793 g/mol. The fourth-order valence-electron chi connectivity index (χ4n) is 6.39.